The molecule has 0 bridgehead atoms. The molecule has 2 N–H and O–H groups in total. The Morgan fingerprint density at radius 3 is 2.72 bits per heavy atom. The number of hydrogen-bond acceptors (Lipinski definition) is 3. The van der Waals surface area contributed by atoms with Crippen molar-refractivity contribution in [3.05, 3.63) is 47.3 Å². The van der Waals surface area contributed by atoms with Crippen LogP contribution in [-0.2, 0) is 7.05 Å². The zero-order valence-corrected chi connectivity index (χ0v) is 11.9. The molecule has 0 saturated carbocycles. The van der Waals surface area contributed by atoms with E-state index in [9.17, 15) is 0 Å². The third-order valence-corrected chi connectivity index (χ3v) is 4.14. The Balaban J connectivity index is 1.99. The summed E-state index contributed by atoms with van der Waals surface area (Å²) in [6.45, 7) is 4.24. The highest BCUT2D eigenvalue weighted by Gasteiger charge is 2.08. The molecule has 3 nitrogen and oxygen atoms in total. The zero-order chi connectivity index (χ0) is 13.1. The summed E-state index contributed by atoms with van der Waals surface area (Å²) in [6.07, 6.45) is 3.88. The average molecular weight is 261 g/mol. The highest BCUT2D eigenvalue weighted by Crippen LogP contribution is 2.23. The first kappa shape index (κ1) is 13.2. The Labute approximate surface area is 112 Å². The molecule has 96 valence electrons. The smallest absolute Gasteiger partial charge is 0.0625 e. The van der Waals surface area contributed by atoms with E-state index >= 15 is 0 Å². The van der Waals surface area contributed by atoms with Crippen LogP contribution in [0.25, 0.3) is 0 Å². The van der Waals surface area contributed by atoms with Crippen LogP contribution < -0.4 is 5.73 Å². The minimum Gasteiger partial charge on any atom is -0.323 e. The van der Waals surface area contributed by atoms with Gasteiger partial charge in [0, 0.05) is 29.9 Å². The standard InChI is InChI=1S/C14H19N3S/c1-10-4-5-12(6-11(10)2)14(15)9-18-13-7-16-17(3)8-13/h4-8,14H,9,15H2,1-3H3. The molecule has 0 aliphatic rings. The number of benzene rings is 1. The summed E-state index contributed by atoms with van der Waals surface area (Å²) < 4.78 is 1.81. The summed E-state index contributed by atoms with van der Waals surface area (Å²) in [6, 6.07) is 6.51. The Morgan fingerprint density at radius 2 is 2.11 bits per heavy atom. The van der Waals surface area contributed by atoms with Crippen LogP contribution in [0, 0.1) is 13.8 Å². The number of aromatic nitrogens is 2. The molecule has 0 amide bonds. The number of aryl methyl sites for hydroxylation is 3. The lowest BCUT2D eigenvalue weighted by atomic mass is 10.0. The maximum absolute atomic E-state index is 6.22. The van der Waals surface area contributed by atoms with Gasteiger partial charge in [0.05, 0.1) is 6.20 Å². The van der Waals surface area contributed by atoms with Gasteiger partial charge >= 0.3 is 0 Å². The first-order valence-electron chi connectivity index (χ1n) is 6.00. The molecular formula is C14H19N3S. The normalized spacial score (nSPS) is 12.7. The highest BCUT2D eigenvalue weighted by atomic mass is 32.2. The van der Waals surface area contributed by atoms with Crippen molar-refractivity contribution in [2.45, 2.75) is 24.8 Å². The van der Waals surface area contributed by atoms with E-state index in [-0.39, 0.29) is 6.04 Å². The summed E-state index contributed by atoms with van der Waals surface area (Å²) >= 11 is 1.75. The van der Waals surface area contributed by atoms with Crippen LogP contribution in [-0.4, -0.2) is 15.5 Å². The monoisotopic (exact) mass is 261 g/mol. The number of nitrogens with two attached hydrogens (primary N) is 1. The Morgan fingerprint density at radius 1 is 1.33 bits per heavy atom. The average Bonchev–Trinajstić information content (AvgIpc) is 2.75. The summed E-state index contributed by atoms with van der Waals surface area (Å²) in [4.78, 5) is 1.16. The van der Waals surface area contributed by atoms with Gasteiger partial charge in [-0.25, -0.2) is 0 Å². The molecule has 0 aliphatic carbocycles. The third kappa shape index (κ3) is 3.15. The van der Waals surface area contributed by atoms with E-state index in [2.05, 4.69) is 37.1 Å². The lowest BCUT2D eigenvalue weighted by Gasteiger charge is -2.12. The van der Waals surface area contributed by atoms with Gasteiger partial charge in [0.1, 0.15) is 0 Å². The second kappa shape index (κ2) is 5.59. The number of nitrogens with zero attached hydrogens (tertiary/aromatic N) is 2. The second-order valence-electron chi connectivity index (χ2n) is 4.61. The summed E-state index contributed by atoms with van der Waals surface area (Å²) in [7, 11) is 1.92. The van der Waals surface area contributed by atoms with Crippen molar-refractivity contribution >= 4 is 11.8 Å². The largest absolute Gasteiger partial charge is 0.323 e. The SMILES string of the molecule is Cc1ccc(C(N)CSc2cnn(C)c2)cc1C. The summed E-state index contributed by atoms with van der Waals surface area (Å²) in [5.74, 6) is 0.869. The van der Waals surface area contributed by atoms with Crippen LogP contribution in [0.1, 0.15) is 22.7 Å². The first-order chi connectivity index (χ1) is 8.56. The summed E-state index contributed by atoms with van der Waals surface area (Å²) in [5, 5.41) is 4.15. The fraction of sp³-hybridized carbons (Fsp3) is 0.357. The Kier molecular flexibility index (Phi) is 4.09. The molecule has 1 unspecified atom stereocenters. The van der Waals surface area contributed by atoms with Gasteiger partial charge in [-0.15, -0.1) is 11.8 Å². The van der Waals surface area contributed by atoms with E-state index in [1.54, 1.807) is 11.8 Å². The molecule has 1 atom stereocenters. The van der Waals surface area contributed by atoms with Crippen LogP contribution in [0.2, 0.25) is 0 Å². The summed E-state index contributed by atoms with van der Waals surface area (Å²) in [5.41, 5.74) is 10.0. The predicted octanol–water partition coefficient (Wildman–Crippen LogP) is 2.83. The van der Waals surface area contributed by atoms with Gasteiger partial charge in [-0.2, -0.15) is 5.10 Å². The van der Waals surface area contributed by atoms with Crippen molar-refractivity contribution in [1.29, 1.82) is 0 Å². The molecule has 0 spiro atoms. The predicted molar refractivity (Wildman–Crippen MR) is 76.8 cm³/mol. The van der Waals surface area contributed by atoms with Crippen molar-refractivity contribution in [2.24, 2.45) is 12.8 Å². The molecule has 18 heavy (non-hydrogen) atoms. The van der Waals surface area contributed by atoms with Gasteiger partial charge in [-0.1, -0.05) is 18.2 Å². The lowest BCUT2D eigenvalue weighted by molar-refractivity contribution is 0.766. The minimum atomic E-state index is 0.0644. The molecule has 1 aromatic carbocycles. The molecule has 1 aromatic heterocycles. The fourth-order valence-electron chi connectivity index (χ4n) is 1.75. The molecule has 1 heterocycles. The first-order valence-corrected chi connectivity index (χ1v) is 6.99. The van der Waals surface area contributed by atoms with Crippen LogP contribution in [0.3, 0.4) is 0 Å². The molecule has 2 aromatic rings. The van der Waals surface area contributed by atoms with Crippen molar-refractivity contribution in [2.75, 3.05) is 5.75 Å². The van der Waals surface area contributed by atoms with Crippen LogP contribution in [0.4, 0.5) is 0 Å². The molecule has 0 saturated heterocycles. The molecule has 0 fully saturated rings. The maximum atomic E-state index is 6.22. The van der Waals surface area contributed by atoms with Crippen molar-refractivity contribution < 1.29 is 0 Å². The van der Waals surface area contributed by atoms with Gasteiger partial charge in [-0.05, 0) is 30.5 Å². The highest BCUT2D eigenvalue weighted by molar-refractivity contribution is 7.99. The van der Waals surface area contributed by atoms with Crippen molar-refractivity contribution in [3.63, 3.8) is 0 Å². The van der Waals surface area contributed by atoms with E-state index in [0.717, 1.165) is 10.6 Å². The van der Waals surface area contributed by atoms with E-state index in [0.29, 0.717) is 0 Å². The van der Waals surface area contributed by atoms with Crippen molar-refractivity contribution in [1.82, 2.24) is 9.78 Å². The Hall–Kier alpha value is -1.26. The Bertz CT molecular complexity index is 534. The molecule has 0 radical (unpaired) electrons. The van der Waals surface area contributed by atoms with E-state index < -0.39 is 0 Å². The van der Waals surface area contributed by atoms with Gasteiger partial charge in [0.2, 0.25) is 0 Å². The van der Waals surface area contributed by atoms with Gasteiger partial charge in [0.15, 0.2) is 0 Å². The lowest BCUT2D eigenvalue weighted by Crippen LogP contribution is -2.13. The van der Waals surface area contributed by atoms with E-state index in [1.807, 2.05) is 24.1 Å². The van der Waals surface area contributed by atoms with Crippen LogP contribution >= 0.6 is 11.8 Å². The number of hydrogen-bond donors (Lipinski definition) is 1. The third-order valence-electron chi connectivity index (χ3n) is 3.07. The molecular weight excluding hydrogens is 242 g/mol. The van der Waals surface area contributed by atoms with Gasteiger partial charge in [-0.3, -0.25) is 4.68 Å². The molecule has 0 aliphatic heterocycles. The van der Waals surface area contributed by atoms with Crippen molar-refractivity contribution in [3.8, 4) is 0 Å². The van der Waals surface area contributed by atoms with Crippen LogP contribution in [0.5, 0.6) is 0 Å². The topological polar surface area (TPSA) is 43.8 Å². The minimum absolute atomic E-state index is 0.0644. The van der Waals surface area contributed by atoms with Gasteiger partial charge in [0.25, 0.3) is 0 Å². The second-order valence-corrected chi connectivity index (χ2v) is 5.70. The maximum Gasteiger partial charge on any atom is 0.0625 e. The van der Waals surface area contributed by atoms with E-state index in [1.165, 1.54) is 16.7 Å². The zero-order valence-electron chi connectivity index (χ0n) is 11.1. The molecule has 2 rings (SSSR count). The quantitative estimate of drug-likeness (QED) is 0.861. The van der Waals surface area contributed by atoms with Crippen LogP contribution in [0.15, 0.2) is 35.5 Å². The number of thioether (sulfide) groups is 1. The fourth-order valence-corrected chi connectivity index (χ4v) is 2.66. The molecule has 4 heteroatoms. The van der Waals surface area contributed by atoms with E-state index in [4.69, 9.17) is 5.73 Å². The van der Waals surface area contributed by atoms with Gasteiger partial charge < -0.3 is 5.73 Å². The number of rotatable bonds is 4.